The van der Waals surface area contributed by atoms with Crippen LogP contribution >= 0.6 is 0 Å². The molecule has 4 heteroatoms. The molecule has 1 aromatic heterocycles. The molecular weight excluding hydrogens is 253 g/mol. The number of fused-ring (bicyclic) bond motifs is 1. The average Bonchev–Trinajstić information content (AvgIpc) is 2.76. The van der Waals surface area contributed by atoms with Gasteiger partial charge in [0.2, 0.25) is 0 Å². The molecule has 0 aliphatic rings. The minimum absolute atomic E-state index is 0.243. The predicted molar refractivity (Wildman–Crippen MR) is 80.0 cm³/mol. The molecule has 0 atom stereocenters. The van der Waals surface area contributed by atoms with Crippen LogP contribution in [-0.2, 0) is 6.54 Å². The zero-order valence-electron chi connectivity index (χ0n) is 11.5. The van der Waals surface area contributed by atoms with E-state index in [0.29, 0.717) is 0 Å². The van der Waals surface area contributed by atoms with Crippen LogP contribution in [0.15, 0.2) is 36.4 Å². The molecule has 0 unspecified atom stereocenters. The van der Waals surface area contributed by atoms with Crippen LogP contribution in [-0.4, -0.2) is 9.55 Å². The number of hydrogen-bond donors (Lipinski definition) is 1. The van der Waals surface area contributed by atoms with Gasteiger partial charge in [0.15, 0.2) is 0 Å². The number of benzene rings is 2. The highest BCUT2D eigenvalue weighted by molar-refractivity contribution is 5.81. The summed E-state index contributed by atoms with van der Waals surface area (Å²) in [6, 6.07) is 10.4. The van der Waals surface area contributed by atoms with Crippen molar-refractivity contribution in [2.45, 2.75) is 20.4 Å². The summed E-state index contributed by atoms with van der Waals surface area (Å²) in [7, 11) is 0. The van der Waals surface area contributed by atoms with E-state index in [9.17, 15) is 4.39 Å². The van der Waals surface area contributed by atoms with Crippen molar-refractivity contribution in [3.63, 3.8) is 0 Å². The van der Waals surface area contributed by atoms with Gasteiger partial charge in [0.25, 0.3) is 0 Å². The van der Waals surface area contributed by atoms with Crippen molar-refractivity contribution >= 4 is 16.7 Å². The van der Waals surface area contributed by atoms with Crippen LogP contribution < -0.4 is 5.73 Å². The third-order valence-electron chi connectivity index (χ3n) is 3.52. The summed E-state index contributed by atoms with van der Waals surface area (Å²) in [5.41, 5.74) is 10.2. The number of nitrogens with two attached hydrogens (primary N) is 1. The molecule has 3 aromatic rings. The molecule has 3 rings (SSSR count). The fraction of sp³-hybridized carbons (Fsp3) is 0.188. The predicted octanol–water partition coefficient (Wildman–Crippen LogP) is 3.75. The van der Waals surface area contributed by atoms with E-state index >= 15 is 0 Å². The summed E-state index contributed by atoms with van der Waals surface area (Å²) < 4.78 is 15.5. The first-order valence-electron chi connectivity index (χ1n) is 6.62. The molecule has 3 nitrogen and oxygen atoms in total. The molecule has 0 radical (unpaired) electrons. The van der Waals surface area contributed by atoms with Crippen molar-refractivity contribution in [3.8, 4) is 11.4 Å². The summed E-state index contributed by atoms with van der Waals surface area (Å²) >= 11 is 0. The first-order chi connectivity index (χ1) is 9.60. The van der Waals surface area contributed by atoms with Crippen LogP contribution in [0.1, 0.15) is 12.5 Å². The number of rotatable bonds is 2. The van der Waals surface area contributed by atoms with Gasteiger partial charge in [0.1, 0.15) is 11.6 Å². The van der Waals surface area contributed by atoms with Gasteiger partial charge in [-0.05, 0) is 55.8 Å². The summed E-state index contributed by atoms with van der Waals surface area (Å²) in [4.78, 5) is 4.64. The molecule has 0 amide bonds. The molecule has 2 aromatic carbocycles. The number of halogens is 1. The van der Waals surface area contributed by atoms with Crippen molar-refractivity contribution in [1.82, 2.24) is 9.55 Å². The molecule has 0 saturated heterocycles. The van der Waals surface area contributed by atoms with E-state index in [2.05, 4.69) is 4.98 Å². The minimum Gasteiger partial charge on any atom is -0.399 e. The topological polar surface area (TPSA) is 43.8 Å². The molecule has 0 saturated carbocycles. The molecule has 20 heavy (non-hydrogen) atoms. The van der Waals surface area contributed by atoms with Crippen LogP contribution in [0.5, 0.6) is 0 Å². The second-order valence-electron chi connectivity index (χ2n) is 4.89. The minimum atomic E-state index is -0.243. The average molecular weight is 269 g/mol. The largest absolute Gasteiger partial charge is 0.399 e. The van der Waals surface area contributed by atoms with E-state index in [4.69, 9.17) is 5.73 Å². The highest BCUT2D eigenvalue weighted by Gasteiger charge is 2.13. The lowest BCUT2D eigenvalue weighted by molar-refractivity contribution is 0.628. The third kappa shape index (κ3) is 1.93. The lowest BCUT2D eigenvalue weighted by Crippen LogP contribution is -1.99. The van der Waals surface area contributed by atoms with Gasteiger partial charge in [0, 0.05) is 17.8 Å². The molecule has 0 aliphatic heterocycles. The second-order valence-corrected chi connectivity index (χ2v) is 4.89. The van der Waals surface area contributed by atoms with Gasteiger partial charge in [-0.1, -0.05) is 0 Å². The lowest BCUT2D eigenvalue weighted by atomic mass is 10.1. The Morgan fingerprint density at radius 1 is 1.20 bits per heavy atom. The van der Waals surface area contributed by atoms with Crippen LogP contribution in [0, 0.1) is 12.7 Å². The van der Waals surface area contributed by atoms with E-state index in [0.717, 1.165) is 40.2 Å². The quantitative estimate of drug-likeness (QED) is 0.720. The summed E-state index contributed by atoms with van der Waals surface area (Å²) in [5, 5.41) is 0. The smallest absolute Gasteiger partial charge is 0.141 e. The molecule has 102 valence electrons. The Labute approximate surface area is 116 Å². The van der Waals surface area contributed by atoms with Crippen LogP contribution in [0.4, 0.5) is 10.1 Å². The van der Waals surface area contributed by atoms with E-state index in [-0.39, 0.29) is 5.82 Å². The monoisotopic (exact) mass is 269 g/mol. The van der Waals surface area contributed by atoms with Gasteiger partial charge in [0.05, 0.1) is 11.0 Å². The molecule has 0 bridgehead atoms. The van der Waals surface area contributed by atoms with E-state index < -0.39 is 0 Å². The summed E-state index contributed by atoms with van der Waals surface area (Å²) in [5.74, 6) is 0.610. The SMILES string of the molecule is CCn1c(-c2ccc(N)cc2C)nc2ccc(F)cc21. The van der Waals surface area contributed by atoms with Gasteiger partial charge in [-0.2, -0.15) is 0 Å². The zero-order chi connectivity index (χ0) is 14.3. The standard InChI is InChI=1S/C16H16FN3/c1-3-20-15-9-11(17)4-7-14(15)19-16(20)13-6-5-12(18)8-10(13)2/h4-9H,3,18H2,1-2H3. The van der Waals surface area contributed by atoms with E-state index in [1.54, 1.807) is 6.07 Å². The maximum atomic E-state index is 13.4. The number of aryl methyl sites for hydroxylation is 2. The first-order valence-corrected chi connectivity index (χ1v) is 6.62. The van der Waals surface area contributed by atoms with Gasteiger partial charge >= 0.3 is 0 Å². The molecule has 0 aliphatic carbocycles. The zero-order valence-corrected chi connectivity index (χ0v) is 11.5. The third-order valence-corrected chi connectivity index (χ3v) is 3.52. The highest BCUT2D eigenvalue weighted by Crippen LogP contribution is 2.28. The summed E-state index contributed by atoms with van der Waals surface area (Å²) in [6.45, 7) is 4.77. The Hall–Kier alpha value is -2.36. The van der Waals surface area contributed by atoms with Crippen molar-refractivity contribution < 1.29 is 4.39 Å². The number of nitrogens with zero attached hydrogens (tertiary/aromatic N) is 2. The van der Waals surface area contributed by atoms with Crippen LogP contribution in [0.25, 0.3) is 22.4 Å². The van der Waals surface area contributed by atoms with Gasteiger partial charge < -0.3 is 10.3 Å². The van der Waals surface area contributed by atoms with Crippen molar-refractivity contribution in [2.75, 3.05) is 5.73 Å². The Morgan fingerprint density at radius 3 is 2.70 bits per heavy atom. The normalized spacial score (nSPS) is 11.2. The number of nitrogen functional groups attached to an aromatic ring is 1. The fourth-order valence-corrected chi connectivity index (χ4v) is 2.56. The number of imidazole rings is 1. The Kier molecular flexibility index (Phi) is 2.93. The number of anilines is 1. The van der Waals surface area contributed by atoms with Crippen molar-refractivity contribution in [3.05, 3.63) is 47.8 Å². The Balaban J connectivity index is 2.30. The van der Waals surface area contributed by atoms with Crippen molar-refractivity contribution in [2.24, 2.45) is 0 Å². The van der Waals surface area contributed by atoms with Crippen molar-refractivity contribution in [1.29, 1.82) is 0 Å². The maximum absolute atomic E-state index is 13.4. The van der Waals surface area contributed by atoms with Gasteiger partial charge in [-0.25, -0.2) is 9.37 Å². The lowest BCUT2D eigenvalue weighted by Gasteiger charge is -2.09. The number of hydrogen-bond acceptors (Lipinski definition) is 2. The Morgan fingerprint density at radius 2 is 2.00 bits per heavy atom. The van der Waals surface area contributed by atoms with Gasteiger partial charge in [-0.15, -0.1) is 0 Å². The maximum Gasteiger partial charge on any atom is 0.141 e. The summed E-state index contributed by atoms with van der Waals surface area (Å²) in [6.07, 6.45) is 0. The van der Waals surface area contributed by atoms with Crippen LogP contribution in [0.3, 0.4) is 0 Å². The molecular formula is C16H16FN3. The van der Waals surface area contributed by atoms with Crippen LogP contribution in [0.2, 0.25) is 0 Å². The van der Waals surface area contributed by atoms with E-state index in [1.807, 2.05) is 36.6 Å². The van der Waals surface area contributed by atoms with E-state index in [1.165, 1.54) is 12.1 Å². The molecule has 0 spiro atoms. The fourth-order valence-electron chi connectivity index (χ4n) is 2.56. The molecule has 2 N–H and O–H groups in total. The van der Waals surface area contributed by atoms with Gasteiger partial charge in [-0.3, -0.25) is 0 Å². The molecule has 1 heterocycles. The first kappa shape index (κ1) is 12.7. The number of aromatic nitrogens is 2. The Bertz CT molecular complexity index is 790. The molecule has 0 fully saturated rings. The second kappa shape index (κ2) is 4.63. The highest BCUT2D eigenvalue weighted by atomic mass is 19.1.